The van der Waals surface area contributed by atoms with Gasteiger partial charge in [-0.1, -0.05) is 12.5 Å². The Morgan fingerprint density at radius 3 is 2.31 bits per heavy atom. The molecule has 2 amide bonds. The van der Waals surface area contributed by atoms with Gasteiger partial charge < -0.3 is 15.0 Å². The maximum absolute atomic E-state index is 14.1. The molecule has 0 spiro atoms. The molecule has 0 aliphatic carbocycles. The molecule has 2 aliphatic rings. The molecule has 0 bridgehead atoms. The van der Waals surface area contributed by atoms with Crippen molar-refractivity contribution in [3.05, 3.63) is 77.4 Å². The summed E-state index contributed by atoms with van der Waals surface area (Å²) in [7, 11) is -4.42. The predicted octanol–water partition coefficient (Wildman–Crippen LogP) is 5.99. The van der Waals surface area contributed by atoms with Crippen LogP contribution in [0.15, 0.2) is 64.4 Å². The fraction of sp³-hybridized carbons (Fsp3) is 0.364. The van der Waals surface area contributed by atoms with E-state index in [1.54, 1.807) is 6.07 Å². The SMILES string of the molecule is O=C(Nc1n[nH]c2ccc(S(=O)(=O)c3cc(F)cc(F)c3)cc12)c1ccc(CN2CCCCC2)cc1N(C(=O)C(F)(F)F)C1CCOCC1. The molecule has 1 aromatic heterocycles. The first-order valence-electron chi connectivity index (χ1n) is 15.7. The van der Waals surface area contributed by atoms with Crippen LogP contribution in [0.2, 0.25) is 0 Å². The van der Waals surface area contributed by atoms with Gasteiger partial charge >= 0.3 is 12.1 Å². The van der Waals surface area contributed by atoms with Crippen molar-refractivity contribution in [2.75, 3.05) is 36.5 Å². The number of aromatic nitrogens is 2. The first kappa shape index (κ1) is 34.5. The van der Waals surface area contributed by atoms with Crippen molar-refractivity contribution in [3.8, 4) is 0 Å². The lowest BCUT2D eigenvalue weighted by molar-refractivity contribution is -0.171. The second-order valence-corrected chi connectivity index (χ2v) is 14.0. The predicted molar refractivity (Wildman–Crippen MR) is 169 cm³/mol. The Morgan fingerprint density at radius 1 is 0.939 bits per heavy atom. The number of amides is 2. The number of hydrogen-bond acceptors (Lipinski definition) is 7. The minimum Gasteiger partial charge on any atom is -0.381 e. The van der Waals surface area contributed by atoms with E-state index in [1.165, 1.54) is 24.3 Å². The van der Waals surface area contributed by atoms with Gasteiger partial charge in [0.25, 0.3) is 5.91 Å². The number of piperidine rings is 1. The molecule has 10 nitrogen and oxygen atoms in total. The summed E-state index contributed by atoms with van der Waals surface area (Å²) in [5, 5.41) is 9.36. The number of hydrogen-bond donors (Lipinski definition) is 2. The van der Waals surface area contributed by atoms with Gasteiger partial charge in [-0.2, -0.15) is 18.3 Å². The number of H-pyrrole nitrogens is 1. The van der Waals surface area contributed by atoms with Crippen LogP contribution < -0.4 is 10.2 Å². The Morgan fingerprint density at radius 2 is 1.63 bits per heavy atom. The van der Waals surface area contributed by atoms with Crippen LogP contribution in [0.4, 0.5) is 33.5 Å². The van der Waals surface area contributed by atoms with E-state index in [2.05, 4.69) is 20.4 Å². The van der Waals surface area contributed by atoms with Crippen molar-refractivity contribution < 1.29 is 44.7 Å². The van der Waals surface area contributed by atoms with Crippen molar-refractivity contribution in [2.45, 2.75) is 60.7 Å². The quantitative estimate of drug-likeness (QED) is 0.216. The Hall–Kier alpha value is -4.41. The molecule has 3 heterocycles. The fourth-order valence-electron chi connectivity index (χ4n) is 6.24. The number of rotatable bonds is 8. The first-order chi connectivity index (χ1) is 23.3. The highest BCUT2D eigenvalue weighted by Gasteiger charge is 2.46. The van der Waals surface area contributed by atoms with Gasteiger partial charge in [0.1, 0.15) is 11.6 Å². The molecule has 3 aromatic carbocycles. The van der Waals surface area contributed by atoms with E-state index in [0.29, 0.717) is 35.2 Å². The number of ether oxygens (including phenoxy) is 1. The zero-order valence-electron chi connectivity index (χ0n) is 26.0. The molecule has 2 saturated heterocycles. The van der Waals surface area contributed by atoms with Crippen molar-refractivity contribution >= 4 is 44.1 Å². The van der Waals surface area contributed by atoms with E-state index in [1.807, 2.05) is 0 Å². The molecule has 49 heavy (non-hydrogen) atoms. The minimum atomic E-state index is -5.24. The van der Waals surface area contributed by atoms with Gasteiger partial charge in [0, 0.05) is 37.3 Å². The fourth-order valence-corrected chi connectivity index (χ4v) is 7.57. The molecule has 260 valence electrons. The maximum atomic E-state index is 14.1. The number of halogens is 5. The summed E-state index contributed by atoms with van der Waals surface area (Å²) in [5.74, 6) is -5.36. The summed E-state index contributed by atoms with van der Waals surface area (Å²) in [6.45, 7) is 2.29. The van der Waals surface area contributed by atoms with E-state index >= 15 is 0 Å². The zero-order chi connectivity index (χ0) is 34.9. The summed E-state index contributed by atoms with van der Waals surface area (Å²) in [6.07, 6.45) is -1.95. The molecule has 2 N–H and O–H groups in total. The molecular weight excluding hydrogens is 673 g/mol. The second kappa shape index (κ2) is 13.8. The molecule has 0 radical (unpaired) electrons. The Balaban J connectivity index is 1.38. The number of fused-ring (bicyclic) bond motifs is 1. The average molecular weight is 706 g/mol. The van der Waals surface area contributed by atoms with Crippen molar-refractivity contribution in [2.24, 2.45) is 0 Å². The number of carbonyl (C=O) groups is 2. The topological polar surface area (TPSA) is 125 Å². The van der Waals surface area contributed by atoms with E-state index in [-0.39, 0.29) is 58.9 Å². The Kier molecular flexibility index (Phi) is 9.73. The number of alkyl halides is 3. The van der Waals surface area contributed by atoms with Crippen molar-refractivity contribution in [1.82, 2.24) is 15.1 Å². The van der Waals surface area contributed by atoms with Gasteiger partial charge in [0.2, 0.25) is 9.84 Å². The number of benzene rings is 3. The number of anilines is 2. The molecule has 2 fully saturated rings. The third-order valence-corrected chi connectivity index (χ3v) is 10.4. The molecule has 6 rings (SSSR count). The summed E-state index contributed by atoms with van der Waals surface area (Å²) in [5.41, 5.74) is 0.446. The standard InChI is InChI=1S/C33H32F5N5O5S/c34-21-15-22(35)17-25(16-21)49(46,47)24-5-7-28-27(18-24)30(41-40-28)39-31(44)26-6-4-20(19-42-10-2-1-3-11-42)14-29(26)43(32(45)33(36,37)38)23-8-12-48-13-9-23/h4-7,14-18,23H,1-3,8-13,19H2,(H2,39,40,41,44). The molecule has 2 aliphatic heterocycles. The van der Waals surface area contributed by atoms with Gasteiger partial charge in [0.05, 0.1) is 26.6 Å². The van der Waals surface area contributed by atoms with Crippen LogP contribution in [0.25, 0.3) is 10.9 Å². The average Bonchev–Trinajstić information content (AvgIpc) is 3.47. The summed E-state index contributed by atoms with van der Waals surface area (Å²) >= 11 is 0. The lowest BCUT2D eigenvalue weighted by atomic mass is 10.0. The van der Waals surface area contributed by atoms with Crippen molar-refractivity contribution in [3.63, 3.8) is 0 Å². The van der Waals surface area contributed by atoms with E-state index in [0.717, 1.165) is 38.4 Å². The van der Waals surface area contributed by atoms with Crippen LogP contribution in [-0.2, 0) is 25.9 Å². The minimum absolute atomic E-state index is 0.0993. The monoisotopic (exact) mass is 705 g/mol. The largest absolute Gasteiger partial charge is 0.471 e. The molecule has 0 saturated carbocycles. The molecule has 4 aromatic rings. The van der Waals surface area contributed by atoms with E-state index in [9.17, 15) is 40.0 Å². The Bertz CT molecular complexity index is 1970. The van der Waals surface area contributed by atoms with Crippen LogP contribution >= 0.6 is 0 Å². The first-order valence-corrected chi connectivity index (χ1v) is 17.1. The smallest absolute Gasteiger partial charge is 0.381 e. The van der Waals surface area contributed by atoms with Crippen LogP contribution in [0.3, 0.4) is 0 Å². The number of nitrogens with one attached hydrogen (secondary N) is 2. The van der Waals surface area contributed by atoms with Crippen molar-refractivity contribution in [1.29, 1.82) is 0 Å². The summed E-state index contributed by atoms with van der Waals surface area (Å²) in [4.78, 5) is 28.7. The zero-order valence-corrected chi connectivity index (χ0v) is 26.8. The normalized spacial score (nSPS) is 16.5. The van der Waals surface area contributed by atoms with Crippen LogP contribution in [0, 0.1) is 11.6 Å². The number of likely N-dealkylation sites (tertiary alicyclic amines) is 1. The van der Waals surface area contributed by atoms with Gasteiger partial charge in [-0.3, -0.25) is 19.6 Å². The van der Waals surface area contributed by atoms with Crippen LogP contribution in [0.1, 0.15) is 48.0 Å². The van der Waals surface area contributed by atoms with E-state index < -0.39 is 50.4 Å². The molecule has 16 heteroatoms. The molecule has 0 unspecified atom stereocenters. The third-order valence-electron chi connectivity index (χ3n) is 8.66. The van der Waals surface area contributed by atoms with Gasteiger partial charge in [-0.05, 0) is 86.8 Å². The van der Waals surface area contributed by atoms with Crippen LogP contribution in [0.5, 0.6) is 0 Å². The number of nitrogens with zero attached hydrogens (tertiary/aromatic N) is 3. The highest BCUT2D eigenvalue weighted by molar-refractivity contribution is 7.91. The second-order valence-electron chi connectivity index (χ2n) is 12.0. The summed E-state index contributed by atoms with van der Waals surface area (Å²) < 4.78 is 102. The molecular formula is C33H32F5N5O5S. The van der Waals surface area contributed by atoms with Crippen LogP contribution in [-0.4, -0.2) is 73.9 Å². The third kappa shape index (κ3) is 7.45. The lowest BCUT2D eigenvalue weighted by Crippen LogP contribution is -2.50. The number of aromatic amines is 1. The van der Waals surface area contributed by atoms with Gasteiger partial charge in [0.15, 0.2) is 5.82 Å². The summed E-state index contributed by atoms with van der Waals surface area (Å²) in [6, 6.07) is 9.09. The maximum Gasteiger partial charge on any atom is 0.471 e. The Labute approximate surface area is 278 Å². The molecule has 0 atom stereocenters. The van der Waals surface area contributed by atoms with Gasteiger partial charge in [-0.15, -0.1) is 0 Å². The van der Waals surface area contributed by atoms with E-state index in [4.69, 9.17) is 4.74 Å². The highest BCUT2D eigenvalue weighted by Crippen LogP contribution is 2.34. The lowest BCUT2D eigenvalue weighted by Gasteiger charge is -2.36. The van der Waals surface area contributed by atoms with Gasteiger partial charge in [-0.25, -0.2) is 17.2 Å². The highest BCUT2D eigenvalue weighted by atomic mass is 32.2. The number of sulfone groups is 1. The number of carbonyl (C=O) groups excluding carboxylic acids is 2.